The SMILES string of the molecule is COc1ccc(Cl)cc1N(CC(=O)N(Cc1ccc(C)cc1)[C@@H](Cc1ccccc1)C(=O)NC1CCCCC1)S(=O)(=O)c1ccccc1. The molecular formula is C38H42ClN3O5S. The molecule has 0 heterocycles. The van der Waals surface area contributed by atoms with E-state index in [1.807, 2.05) is 61.5 Å². The number of amides is 2. The lowest BCUT2D eigenvalue weighted by molar-refractivity contribution is -0.140. The molecule has 0 spiro atoms. The predicted octanol–water partition coefficient (Wildman–Crippen LogP) is 6.94. The Bertz CT molecular complexity index is 1780. The number of aryl methyl sites for hydroxylation is 1. The van der Waals surface area contributed by atoms with Crippen LogP contribution in [0.2, 0.25) is 5.02 Å². The third-order valence-corrected chi connectivity index (χ3v) is 10.7. The van der Waals surface area contributed by atoms with Crippen LogP contribution >= 0.6 is 11.6 Å². The van der Waals surface area contributed by atoms with Crippen LogP contribution in [0.25, 0.3) is 0 Å². The summed E-state index contributed by atoms with van der Waals surface area (Å²) in [6, 6.07) is 29.0. The molecule has 1 aliphatic carbocycles. The lowest BCUT2D eigenvalue weighted by atomic mass is 9.94. The van der Waals surface area contributed by atoms with E-state index < -0.39 is 28.5 Å². The summed E-state index contributed by atoms with van der Waals surface area (Å²) in [5.74, 6) is -0.575. The molecule has 1 fully saturated rings. The van der Waals surface area contributed by atoms with Gasteiger partial charge in [0.25, 0.3) is 10.0 Å². The van der Waals surface area contributed by atoms with Crippen LogP contribution in [0.3, 0.4) is 0 Å². The third kappa shape index (κ3) is 8.76. The maximum Gasteiger partial charge on any atom is 0.264 e. The number of carbonyl (C=O) groups is 2. The minimum Gasteiger partial charge on any atom is -0.495 e. The van der Waals surface area contributed by atoms with Gasteiger partial charge < -0.3 is 15.0 Å². The molecule has 0 aromatic heterocycles. The summed E-state index contributed by atoms with van der Waals surface area (Å²) in [6.07, 6.45) is 5.22. The molecule has 1 N–H and O–H groups in total. The minimum absolute atomic E-state index is 0.000732. The zero-order chi connectivity index (χ0) is 34.1. The van der Waals surface area contributed by atoms with Crippen molar-refractivity contribution in [2.75, 3.05) is 18.0 Å². The molecule has 0 radical (unpaired) electrons. The molecule has 0 unspecified atom stereocenters. The summed E-state index contributed by atoms with van der Waals surface area (Å²) in [5, 5.41) is 3.51. The van der Waals surface area contributed by atoms with Gasteiger partial charge in [0.1, 0.15) is 18.3 Å². The van der Waals surface area contributed by atoms with E-state index in [-0.39, 0.29) is 46.3 Å². The van der Waals surface area contributed by atoms with E-state index in [2.05, 4.69) is 5.32 Å². The molecule has 1 aliphatic rings. The van der Waals surface area contributed by atoms with Crippen molar-refractivity contribution in [1.29, 1.82) is 0 Å². The zero-order valence-electron chi connectivity index (χ0n) is 27.3. The van der Waals surface area contributed by atoms with Crippen molar-refractivity contribution in [1.82, 2.24) is 10.2 Å². The van der Waals surface area contributed by atoms with Gasteiger partial charge in [-0.25, -0.2) is 8.42 Å². The van der Waals surface area contributed by atoms with Crippen LogP contribution in [-0.2, 0) is 32.6 Å². The number of sulfonamides is 1. The van der Waals surface area contributed by atoms with Crippen LogP contribution < -0.4 is 14.4 Å². The highest BCUT2D eigenvalue weighted by atomic mass is 35.5. The topological polar surface area (TPSA) is 96.0 Å². The fourth-order valence-electron chi connectivity index (χ4n) is 6.08. The van der Waals surface area contributed by atoms with Gasteiger partial charge in [-0.3, -0.25) is 13.9 Å². The molecule has 0 saturated heterocycles. The number of nitrogens with zero attached hydrogens (tertiary/aromatic N) is 2. The van der Waals surface area contributed by atoms with Gasteiger partial charge in [-0.05, 0) is 61.2 Å². The predicted molar refractivity (Wildman–Crippen MR) is 190 cm³/mol. The second kappa shape index (κ2) is 16.2. The molecule has 2 amide bonds. The van der Waals surface area contributed by atoms with E-state index in [0.29, 0.717) is 0 Å². The van der Waals surface area contributed by atoms with Gasteiger partial charge in [-0.2, -0.15) is 0 Å². The molecule has 8 nitrogen and oxygen atoms in total. The standard InChI is InChI=1S/C38H42ClN3O5S/c1-28-18-20-30(21-19-28)26-41(35(24-29-12-6-3-7-13-29)38(44)40-32-14-8-4-9-15-32)37(43)27-42(34-25-31(39)22-23-36(34)47-2)48(45,46)33-16-10-5-11-17-33/h3,5-7,10-13,16-23,25,32,35H,4,8-9,14-15,24,26-27H2,1-2H3,(H,40,44)/t35-/m0/s1. The van der Waals surface area contributed by atoms with Gasteiger partial charge in [-0.1, -0.05) is 109 Å². The number of nitrogens with one attached hydrogen (secondary N) is 1. The lowest BCUT2D eigenvalue weighted by Crippen LogP contribution is -2.55. The van der Waals surface area contributed by atoms with Crippen LogP contribution in [0.15, 0.2) is 108 Å². The number of methoxy groups -OCH3 is 1. The van der Waals surface area contributed by atoms with E-state index in [9.17, 15) is 18.0 Å². The van der Waals surface area contributed by atoms with Crippen LogP contribution in [-0.4, -0.2) is 50.9 Å². The van der Waals surface area contributed by atoms with E-state index in [0.717, 1.165) is 53.1 Å². The van der Waals surface area contributed by atoms with Gasteiger partial charge in [0, 0.05) is 24.0 Å². The highest BCUT2D eigenvalue weighted by Crippen LogP contribution is 2.35. The summed E-state index contributed by atoms with van der Waals surface area (Å²) in [6.45, 7) is 1.48. The van der Waals surface area contributed by atoms with Crippen molar-refractivity contribution in [2.45, 2.75) is 69.0 Å². The lowest BCUT2D eigenvalue weighted by Gasteiger charge is -2.35. The van der Waals surface area contributed by atoms with Gasteiger partial charge in [0.15, 0.2) is 0 Å². The van der Waals surface area contributed by atoms with Gasteiger partial charge in [0.05, 0.1) is 17.7 Å². The summed E-state index contributed by atoms with van der Waals surface area (Å²) in [5.41, 5.74) is 2.87. The van der Waals surface area contributed by atoms with E-state index in [1.54, 1.807) is 30.3 Å². The van der Waals surface area contributed by atoms with Gasteiger partial charge >= 0.3 is 0 Å². The van der Waals surface area contributed by atoms with Gasteiger partial charge in [0.2, 0.25) is 11.8 Å². The van der Waals surface area contributed by atoms with Crippen molar-refractivity contribution in [3.63, 3.8) is 0 Å². The second-order valence-corrected chi connectivity index (χ2v) is 14.5. The fraction of sp³-hybridized carbons (Fsp3) is 0.316. The maximum atomic E-state index is 14.8. The summed E-state index contributed by atoms with van der Waals surface area (Å²) in [4.78, 5) is 30.5. The summed E-state index contributed by atoms with van der Waals surface area (Å²) < 4.78 is 35.2. The number of ether oxygens (including phenoxy) is 1. The molecule has 10 heteroatoms. The third-order valence-electron chi connectivity index (χ3n) is 8.72. The number of hydrogen-bond acceptors (Lipinski definition) is 5. The van der Waals surface area contributed by atoms with Crippen LogP contribution in [0.4, 0.5) is 5.69 Å². The van der Waals surface area contributed by atoms with Crippen molar-refractivity contribution in [3.05, 3.63) is 125 Å². The largest absolute Gasteiger partial charge is 0.495 e. The molecule has 1 atom stereocenters. The molecule has 5 rings (SSSR count). The number of halogens is 1. The molecule has 1 saturated carbocycles. The van der Waals surface area contributed by atoms with Crippen molar-refractivity contribution >= 4 is 39.1 Å². The van der Waals surface area contributed by atoms with Crippen LogP contribution in [0.1, 0.15) is 48.8 Å². The molecule has 4 aromatic rings. The number of hydrogen-bond donors (Lipinski definition) is 1. The van der Waals surface area contributed by atoms with Crippen molar-refractivity contribution < 1.29 is 22.7 Å². The molecule has 48 heavy (non-hydrogen) atoms. The van der Waals surface area contributed by atoms with E-state index >= 15 is 0 Å². The Kier molecular flexibility index (Phi) is 11.8. The Balaban J connectivity index is 1.59. The molecule has 4 aromatic carbocycles. The van der Waals surface area contributed by atoms with Gasteiger partial charge in [-0.15, -0.1) is 0 Å². The monoisotopic (exact) mass is 687 g/mol. The Morgan fingerprint density at radius 3 is 2.17 bits per heavy atom. The molecule has 0 aliphatic heterocycles. The molecular weight excluding hydrogens is 646 g/mol. The number of rotatable bonds is 13. The summed E-state index contributed by atoms with van der Waals surface area (Å²) in [7, 11) is -2.86. The molecule has 252 valence electrons. The fourth-order valence-corrected chi connectivity index (χ4v) is 7.68. The Labute approximate surface area is 288 Å². The normalized spacial score (nSPS) is 14.1. The average Bonchev–Trinajstić information content (AvgIpc) is 3.10. The van der Waals surface area contributed by atoms with Crippen LogP contribution in [0.5, 0.6) is 5.75 Å². The minimum atomic E-state index is -4.29. The second-order valence-electron chi connectivity index (χ2n) is 12.2. The number of anilines is 1. The first-order valence-electron chi connectivity index (χ1n) is 16.3. The van der Waals surface area contributed by atoms with Crippen molar-refractivity contribution in [3.8, 4) is 5.75 Å². The Morgan fingerprint density at radius 1 is 0.875 bits per heavy atom. The number of benzene rings is 4. The number of carbonyl (C=O) groups excluding carboxylic acids is 2. The first-order chi connectivity index (χ1) is 23.2. The zero-order valence-corrected chi connectivity index (χ0v) is 28.9. The first kappa shape index (κ1) is 35.0. The Hall–Kier alpha value is -4.34. The first-order valence-corrected chi connectivity index (χ1v) is 18.1. The van der Waals surface area contributed by atoms with E-state index in [1.165, 1.54) is 30.2 Å². The maximum absolute atomic E-state index is 14.8. The molecule has 0 bridgehead atoms. The van der Waals surface area contributed by atoms with E-state index in [4.69, 9.17) is 16.3 Å². The highest BCUT2D eigenvalue weighted by molar-refractivity contribution is 7.92. The van der Waals surface area contributed by atoms with Crippen LogP contribution in [0, 0.1) is 6.92 Å². The Morgan fingerprint density at radius 2 is 1.52 bits per heavy atom. The van der Waals surface area contributed by atoms with Crippen molar-refractivity contribution in [2.24, 2.45) is 0 Å². The average molecular weight is 688 g/mol. The highest BCUT2D eigenvalue weighted by Gasteiger charge is 2.36. The summed E-state index contributed by atoms with van der Waals surface area (Å²) >= 11 is 6.38. The smallest absolute Gasteiger partial charge is 0.264 e. The quantitative estimate of drug-likeness (QED) is 0.164.